The van der Waals surface area contributed by atoms with Crippen LogP contribution in [0.25, 0.3) is 23.0 Å². The number of pyridine rings is 1. The Morgan fingerprint density at radius 2 is 1.52 bits per heavy atom. The van der Waals surface area contributed by atoms with E-state index >= 15 is 0 Å². The lowest BCUT2D eigenvalue weighted by molar-refractivity contribution is 0.0592. The highest BCUT2D eigenvalue weighted by Gasteiger charge is 2.50. The van der Waals surface area contributed by atoms with Crippen molar-refractivity contribution in [2.24, 2.45) is 5.73 Å². The van der Waals surface area contributed by atoms with Crippen LogP contribution in [0.5, 0.6) is 0 Å². The average Bonchev–Trinajstić information content (AvgIpc) is 3.73. The topological polar surface area (TPSA) is 130 Å². The number of methoxy groups -OCH3 is 1. The van der Waals surface area contributed by atoms with Gasteiger partial charge in [0.1, 0.15) is 29.5 Å². The third kappa shape index (κ3) is 6.87. The molecule has 0 saturated heterocycles. The van der Waals surface area contributed by atoms with E-state index in [4.69, 9.17) is 28.7 Å². The summed E-state index contributed by atoms with van der Waals surface area (Å²) in [6.07, 6.45) is 2.02. The number of nitrogens with two attached hydrogens (primary N) is 1. The number of aromatic nitrogens is 3. The summed E-state index contributed by atoms with van der Waals surface area (Å²) >= 11 is 0. The molecule has 2 N–H and O–H groups in total. The molecule has 46 heavy (non-hydrogen) atoms. The van der Waals surface area contributed by atoms with E-state index in [1.807, 2.05) is 43.3 Å². The van der Waals surface area contributed by atoms with Gasteiger partial charge in [-0.05, 0) is 41.6 Å². The van der Waals surface area contributed by atoms with Crippen LogP contribution in [0, 0.1) is 0 Å². The standard InChI is InChI=1S/C35H41N5O5Si/c1-35(2,3)46(24-14-9-7-10-15-24,25-16-11-8-12-17-25)44-22-26(36)32-38-29(23-43-32)27-18-13-19-28(37-27)33-39-31(34(41)42-6)30(45-33)20-21-40(4)5/h7-19,23,26H,20-22,36H2,1-6H3. The van der Waals surface area contributed by atoms with Crippen molar-refractivity contribution in [2.45, 2.75) is 38.3 Å². The molecule has 3 aromatic heterocycles. The molecule has 0 spiro atoms. The molecule has 0 radical (unpaired) electrons. The Labute approximate surface area is 270 Å². The van der Waals surface area contributed by atoms with E-state index in [9.17, 15) is 4.79 Å². The minimum atomic E-state index is -2.79. The van der Waals surface area contributed by atoms with Gasteiger partial charge in [0.15, 0.2) is 5.69 Å². The van der Waals surface area contributed by atoms with Crippen LogP contribution in [0.1, 0.15) is 49.0 Å². The first-order chi connectivity index (χ1) is 22.0. The van der Waals surface area contributed by atoms with Crippen LogP contribution in [0.3, 0.4) is 0 Å². The zero-order valence-corrected chi connectivity index (χ0v) is 28.2. The lowest BCUT2D eigenvalue weighted by Gasteiger charge is -2.43. The molecular formula is C35H41N5O5Si. The largest absolute Gasteiger partial charge is 0.464 e. The Balaban J connectivity index is 1.40. The highest BCUT2D eigenvalue weighted by Crippen LogP contribution is 2.37. The van der Waals surface area contributed by atoms with Crippen LogP contribution in [-0.4, -0.2) is 68.5 Å². The number of hydrogen-bond acceptors (Lipinski definition) is 10. The molecule has 0 aliphatic carbocycles. The number of ether oxygens (including phenoxy) is 1. The summed E-state index contributed by atoms with van der Waals surface area (Å²) in [5.41, 5.74) is 8.31. The smallest absolute Gasteiger partial charge is 0.360 e. The molecule has 0 aliphatic heterocycles. The highest BCUT2D eigenvalue weighted by molar-refractivity contribution is 6.99. The van der Waals surface area contributed by atoms with Gasteiger partial charge in [-0.2, -0.15) is 0 Å². The molecule has 0 saturated carbocycles. The summed E-state index contributed by atoms with van der Waals surface area (Å²) in [4.78, 5) is 28.2. The lowest BCUT2D eigenvalue weighted by atomic mass is 10.2. The molecule has 0 bridgehead atoms. The van der Waals surface area contributed by atoms with Crippen molar-refractivity contribution in [1.82, 2.24) is 19.9 Å². The van der Waals surface area contributed by atoms with Crippen LogP contribution in [-0.2, 0) is 15.6 Å². The van der Waals surface area contributed by atoms with Crippen molar-refractivity contribution in [3.63, 3.8) is 0 Å². The van der Waals surface area contributed by atoms with E-state index in [0.29, 0.717) is 41.7 Å². The Bertz CT molecular complexity index is 1710. The van der Waals surface area contributed by atoms with Crippen LogP contribution in [0.4, 0.5) is 0 Å². The van der Waals surface area contributed by atoms with E-state index < -0.39 is 20.3 Å². The minimum Gasteiger partial charge on any atom is -0.464 e. The molecular weight excluding hydrogens is 599 g/mol. The summed E-state index contributed by atoms with van der Waals surface area (Å²) in [6.45, 7) is 7.55. The van der Waals surface area contributed by atoms with Crippen LogP contribution in [0.15, 0.2) is 94.0 Å². The Hall–Kier alpha value is -4.42. The highest BCUT2D eigenvalue weighted by atomic mass is 28.4. The van der Waals surface area contributed by atoms with E-state index in [1.165, 1.54) is 23.7 Å². The van der Waals surface area contributed by atoms with Crippen LogP contribution in [0.2, 0.25) is 5.04 Å². The molecule has 0 fully saturated rings. The second-order valence-corrected chi connectivity index (χ2v) is 16.7. The maximum absolute atomic E-state index is 12.4. The predicted octanol–water partition coefficient (Wildman–Crippen LogP) is 4.86. The van der Waals surface area contributed by atoms with Crippen molar-refractivity contribution in [1.29, 1.82) is 0 Å². The van der Waals surface area contributed by atoms with Gasteiger partial charge in [-0.1, -0.05) is 87.5 Å². The molecule has 1 unspecified atom stereocenters. The van der Waals surface area contributed by atoms with Gasteiger partial charge in [-0.15, -0.1) is 0 Å². The fourth-order valence-corrected chi connectivity index (χ4v) is 10.1. The molecule has 0 amide bonds. The van der Waals surface area contributed by atoms with Gasteiger partial charge in [0, 0.05) is 13.0 Å². The molecule has 2 aromatic carbocycles. The predicted molar refractivity (Wildman–Crippen MR) is 179 cm³/mol. The first kappa shape index (κ1) is 33.0. The fraction of sp³-hybridized carbons (Fsp3) is 0.314. The van der Waals surface area contributed by atoms with Crippen molar-refractivity contribution in [2.75, 3.05) is 34.4 Å². The van der Waals surface area contributed by atoms with Gasteiger partial charge >= 0.3 is 5.97 Å². The molecule has 0 aliphatic rings. The number of carbonyl (C=O) groups is 1. The van der Waals surface area contributed by atoms with Gasteiger partial charge in [-0.3, -0.25) is 0 Å². The molecule has 3 heterocycles. The maximum Gasteiger partial charge on any atom is 0.360 e. The zero-order chi connectivity index (χ0) is 32.9. The third-order valence-corrected chi connectivity index (χ3v) is 12.8. The summed E-state index contributed by atoms with van der Waals surface area (Å²) in [6, 6.07) is 25.6. The fourth-order valence-electron chi connectivity index (χ4n) is 5.53. The van der Waals surface area contributed by atoms with Crippen LogP contribution >= 0.6 is 0 Å². The molecule has 10 nitrogen and oxygen atoms in total. The Kier molecular flexibility index (Phi) is 9.97. The van der Waals surface area contributed by atoms with Gasteiger partial charge in [0.2, 0.25) is 11.8 Å². The van der Waals surface area contributed by atoms with Crippen molar-refractivity contribution < 1.29 is 22.8 Å². The number of esters is 1. The van der Waals surface area contributed by atoms with E-state index in [0.717, 1.165) is 0 Å². The molecule has 5 aromatic rings. The number of likely N-dealkylation sites (N-methyl/N-ethyl adjacent to an activating group) is 1. The SMILES string of the molecule is COC(=O)c1nc(-c2cccc(-c3coc(C(N)CO[Si](c4ccccc4)(c4ccccc4)C(C)(C)C)n3)n2)oc1CCN(C)C. The second-order valence-electron chi connectivity index (χ2n) is 12.4. The normalized spacial score (nSPS) is 12.8. The zero-order valence-electron chi connectivity index (χ0n) is 27.2. The maximum atomic E-state index is 12.4. The van der Waals surface area contributed by atoms with E-state index in [1.54, 1.807) is 6.07 Å². The number of hydrogen-bond donors (Lipinski definition) is 1. The number of benzene rings is 2. The van der Waals surface area contributed by atoms with Crippen LogP contribution < -0.4 is 16.1 Å². The molecule has 11 heteroatoms. The lowest BCUT2D eigenvalue weighted by Crippen LogP contribution is -2.67. The van der Waals surface area contributed by atoms with Gasteiger partial charge < -0.3 is 28.6 Å². The number of rotatable bonds is 12. The summed E-state index contributed by atoms with van der Waals surface area (Å²) < 4.78 is 23.8. The number of nitrogens with zero attached hydrogens (tertiary/aromatic N) is 4. The summed E-state index contributed by atoms with van der Waals surface area (Å²) in [5.74, 6) is 0.444. The summed E-state index contributed by atoms with van der Waals surface area (Å²) in [5, 5.41) is 2.14. The Morgan fingerprint density at radius 3 is 2.11 bits per heavy atom. The quantitative estimate of drug-likeness (QED) is 0.149. The molecule has 240 valence electrons. The Morgan fingerprint density at radius 1 is 0.891 bits per heavy atom. The third-order valence-electron chi connectivity index (χ3n) is 7.83. The molecule has 5 rings (SSSR count). The van der Waals surface area contributed by atoms with E-state index in [2.05, 4.69) is 79.3 Å². The second kappa shape index (κ2) is 13.9. The van der Waals surface area contributed by atoms with Gasteiger partial charge in [-0.25, -0.2) is 19.7 Å². The first-order valence-corrected chi connectivity index (χ1v) is 17.1. The summed E-state index contributed by atoms with van der Waals surface area (Å²) in [7, 11) is 2.42. The van der Waals surface area contributed by atoms with Gasteiger partial charge in [0.05, 0.1) is 19.4 Å². The number of oxazole rings is 2. The average molecular weight is 640 g/mol. The van der Waals surface area contributed by atoms with Crippen molar-refractivity contribution in [3.8, 4) is 23.0 Å². The van der Waals surface area contributed by atoms with Crippen molar-refractivity contribution in [3.05, 3.63) is 102 Å². The van der Waals surface area contributed by atoms with Crippen molar-refractivity contribution >= 4 is 24.7 Å². The first-order valence-electron chi connectivity index (χ1n) is 15.2. The monoisotopic (exact) mass is 639 g/mol. The molecule has 1 atom stereocenters. The van der Waals surface area contributed by atoms with Gasteiger partial charge in [0.25, 0.3) is 8.32 Å². The van der Waals surface area contributed by atoms with E-state index in [-0.39, 0.29) is 23.2 Å². The minimum absolute atomic E-state index is 0.141. The number of carbonyl (C=O) groups excluding carboxylic acids is 1.